The normalized spacial score (nSPS) is 15.3. The lowest BCUT2D eigenvalue weighted by Gasteiger charge is -2.19. The van der Waals surface area contributed by atoms with E-state index >= 15 is 0 Å². The quantitative estimate of drug-likeness (QED) is 0.358. The molecule has 4 aromatic rings. The van der Waals surface area contributed by atoms with E-state index in [9.17, 15) is 5.11 Å². The lowest BCUT2D eigenvalue weighted by atomic mass is 9.99. The summed E-state index contributed by atoms with van der Waals surface area (Å²) in [5.74, 6) is 0.759. The van der Waals surface area contributed by atoms with E-state index in [0.29, 0.717) is 13.2 Å². The van der Waals surface area contributed by atoms with Crippen molar-refractivity contribution in [2.75, 3.05) is 26.2 Å². The average molecular weight is 492 g/mol. The van der Waals surface area contributed by atoms with Crippen LogP contribution in [-0.4, -0.2) is 52.3 Å². The number of benzene rings is 2. The number of H-pyrrole nitrogens is 1. The predicted molar refractivity (Wildman–Crippen MR) is 132 cm³/mol. The monoisotopic (exact) mass is 491 g/mol. The number of β-amino-alcohol motifs (C(OH)–C–C–N with tert-alkyl or cyclic N) is 1. The second kappa shape index (κ2) is 9.45. The van der Waals surface area contributed by atoms with Gasteiger partial charge in [-0.15, -0.1) is 0 Å². The molecule has 3 heterocycles. The van der Waals surface area contributed by atoms with Gasteiger partial charge in [0, 0.05) is 28.2 Å². The van der Waals surface area contributed by atoms with Crippen LogP contribution in [0.4, 0.5) is 0 Å². The molecule has 5 nitrogen and oxygen atoms in total. The van der Waals surface area contributed by atoms with Crippen LogP contribution in [0.15, 0.2) is 71.3 Å². The Morgan fingerprint density at radius 2 is 1.78 bits per heavy atom. The first-order valence-electron chi connectivity index (χ1n) is 11.0. The van der Waals surface area contributed by atoms with E-state index in [2.05, 4.69) is 61.1 Å². The van der Waals surface area contributed by atoms with Crippen LogP contribution >= 0.6 is 15.9 Å². The lowest BCUT2D eigenvalue weighted by molar-refractivity contribution is 0.0758. The maximum atomic E-state index is 10.3. The third-order valence-corrected chi connectivity index (χ3v) is 6.37. The molecular weight excluding hydrogens is 466 g/mol. The van der Waals surface area contributed by atoms with E-state index in [1.807, 2.05) is 36.5 Å². The number of nitrogens with zero attached hydrogens (tertiary/aromatic N) is 2. The molecule has 2 aromatic carbocycles. The summed E-state index contributed by atoms with van der Waals surface area (Å²) < 4.78 is 6.81. The fourth-order valence-electron chi connectivity index (χ4n) is 4.39. The summed E-state index contributed by atoms with van der Waals surface area (Å²) in [5, 5.41) is 11.4. The Kier molecular flexibility index (Phi) is 6.26. The summed E-state index contributed by atoms with van der Waals surface area (Å²) in [6, 6.07) is 20.5. The zero-order chi connectivity index (χ0) is 21.9. The molecule has 2 aromatic heterocycles. The zero-order valence-electron chi connectivity index (χ0n) is 17.8. The maximum absolute atomic E-state index is 10.3. The van der Waals surface area contributed by atoms with E-state index in [4.69, 9.17) is 4.74 Å². The van der Waals surface area contributed by atoms with Gasteiger partial charge in [-0.3, -0.25) is 0 Å². The number of likely N-dealkylation sites (tertiary alicyclic amines) is 1. The Morgan fingerprint density at radius 3 is 2.53 bits per heavy atom. The first-order valence-corrected chi connectivity index (χ1v) is 11.8. The lowest BCUT2D eigenvalue weighted by Crippen LogP contribution is -2.33. The highest BCUT2D eigenvalue weighted by Crippen LogP contribution is 2.39. The van der Waals surface area contributed by atoms with Crippen molar-refractivity contribution < 1.29 is 9.84 Å². The highest BCUT2D eigenvalue weighted by Gasteiger charge is 2.18. The summed E-state index contributed by atoms with van der Waals surface area (Å²) in [4.78, 5) is 10.4. The van der Waals surface area contributed by atoms with Gasteiger partial charge in [-0.05, 0) is 71.2 Å². The van der Waals surface area contributed by atoms with E-state index in [0.717, 1.165) is 56.7 Å². The first kappa shape index (κ1) is 21.2. The van der Waals surface area contributed by atoms with Crippen LogP contribution in [0.1, 0.15) is 12.8 Å². The molecule has 0 aliphatic carbocycles. The van der Waals surface area contributed by atoms with Crippen molar-refractivity contribution in [2.24, 2.45) is 0 Å². The average Bonchev–Trinajstić information content (AvgIpc) is 3.46. The molecular formula is C26H26BrN3O2. The summed E-state index contributed by atoms with van der Waals surface area (Å²) in [6.07, 6.45) is 3.77. The molecule has 1 unspecified atom stereocenters. The molecule has 1 atom stereocenters. The molecule has 1 saturated heterocycles. The van der Waals surface area contributed by atoms with Gasteiger partial charge >= 0.3 is 0 Å². The Hall–Kier alpha value is -2.67. The van der Waals surface area contributed by atoms with Gasteiger partial charge in [0.15, 0.2) is 0 Å². The SMILES string of the molecule is OC(COc1ccc(-c2c(-c3ccccc3)[nH]c3ncc(Br)cc23)cc1)CN1CCCC1. The highest BCUT2D eigenvalue weighted by molar-refractivity contribution is 9.10. The number of hydrogen-bond acceptors (Lipinski definition) is 4. The number of fused-ring (bicyclic) bond motifs is 1. The summed E-state index contributed by atoms with van der Waals surface area (Å²) in [7, 11) is 0. The standard InChI is InChI=1S/C26H26BrN3O2/c27-20-14-23-24(25(29-26(23)28-15-20)19-6-2-1-3-7-19)18-8-10-22(11-9-18)32-17-21(31)16-30-12-4-5-13-30/h1-3,6-11,14-15,21,31H,4-5,12-13,16-17H2,(H,28,29). The van der Waals surface area contributed by atoms with Gasteiger partial charge in [0.05, 0.1) is 5.69 Å². The van der Waals surface area contributed by atoms with Crippen molar-refractivity contribution >= 4 is 27.0 Å². The number of pyridine rings is 1. The summed E-state index contributed by atoms with van der Waals surface area (Å²) in [6.45, 7) is 3.13. The van der Waals surface area contributed by atoms with Gasteiger partial charge in [-0.2, -0.15) is 0 Å². The van der Waals surface area contributed by atoms with Crippen LogP contribution < -0.4 is 4.74 Å². The van der Waals surface area contributed by atoms with E-state index < -0.39 is 6.10 Å². The van der Waals surface area contributed by atoms with Gasteiger partial charge in [-0.25, -0.2) is 4.98 Å². The van der Waals surface area contributed by atoms with Crippen LogP contribution in [0.3, 0.4) is 0 Å². The van der Waals surface area contributed by atoms with Crippen molar-refractivity contribution in [2.45, 2.75) is 18.9 Å². The smallest absolute Gasteiger partial charge is 0.138 e. The van der Waals surface area contributed by atoms with Crippen LogP contribution in [0.5, 0.6) is 5.75 Å². The Morgan fingerprint density at radius 1 is 1.03 bits per heavy atom. The fraction of sp³-hybridized carbons (Fsp3) is 0.269. The predicted octanol–water partition coefficient (Wildman–Crippen LogP) is 5.49. The molecule has 164 valence electrons. The minimum atomic E-state index is -0.477. The Balaban J connectivity index is 1.39. The third-order valence-electron chi connectivity index (χ3n) is 5.93. The number of aliphatic hydroxyl groups is 1. The number of ether oxygens (including phenoxy) is 1. The first-order chi connectivity index (χ1) is 15.7. The van der Waals surface area contributed by atoms with E-state index in [1.165, 1.54) is 12.8 Å². The van der Waals surface area contributed by atoms with Crippen molar-refractivity contribution in [1.82, 2.24) is 14.9 Å². The fourth-order valence-corrected chi connectivity index (χ4v) is 4.72. The van der Waals surface area contributed by atoms with Crippen LogP contribution in [0.2, 0.25) is 0 Å². The minimum Gasteiger partial charge on any atom is -0.491 e. The Bertz CT molecular complexity index is 1190. The largest absolute Gasteiger partial charge is 0.491 e. The minimum absolute atomic E-state index is 0.301. The van der Waals surface area contributed by atoms with Gasteiger partial charge in [-0.1, -0.05) is 42.5 Å². The summed E-state index contributed by atoms with van der Waals surface area (Å²) in [5.41, 5.74) is 5.20. The molecule has 1 fully saturated rings. The zero-order valence-corrected chi connectivity index (χ0v) is 19.4. The third kappa shape index (κ3) is 4.58. The van der Waals surface area contributed by atoms with E-state index in [1.54, 1.807) is 0 Å². The number of hydrogen-bond donors (Lipinski definition) is 2. The topological polar surface area (TPSA) is 61.4 Å². The molecule has 1 aliphatic rings. The Labute approximate surface area is 196 Å². The second-order valence-corrected chi connectivity index (χ2v) is 9.20. The number of aliphatic hydroxyl groups excluding tert-OH is 1. The summed E-state index contributed by atoms with van der Waals surface area (Å²) >= 11 is 3.56. The molecule has 1 aliphatic heterocycles. The molecule has 6 heteroatoms. The van der Waals surface area contributed by atoms with Crippen molar-refractivity contribution in [3.05, 3.63) is 71.3 Å². The molecule has 32 heavy (non-hydrogen) atoms. The molecule has 5 rings (SSSR count). The van der Waals surface area contributed by atoms with Gasteiger partial charge in [0.25, 0.3) is 0 Å². The highest BCUT2D eigenvalue weighted by atomic mass is 79.9. The van der Waals surface area contributed by atoms with Crippen LogP contribution in [0.25, 0.3) is 33.4 Å². The van der Waals surface area contributed by atoms with Crippen molar-refractivity contribution in [3.63, 3.8) is 0 Å². The number of rotatable bonds is 7. The number of nitrogens with one attached hydrogen (secondary N) is 1. The molecule has 0 bridgehead atoms. The van der Waals surface area contributed by atoms with Gasteiger partial charge in [0.1, 0.15) is 24.1 Å². The molecule has 0 amide bonds. The molecule has 0 radical (unpaired) electrons. The van der Waals surface area contributed by atoms with Crippen molar-refractivity contribution in [3.8, 4) is 28.1 Å². The van der Waals surface area contributed by atoms with Gasteiger partial charge < -0.3 is 19.7 Å². The molecule has 0 spiro atoms. The molecule has 0 saturated carbocycles. The van der Waals surface area contributed by atoms with Crippen LogP contribution in [0, 0.1) is 0 Å². The second-order valence-electron chi connectivity index (χ2n) is 8.29. The molecule has 2 N–H and O–H groups in total. The number of aromatic nitrogens is 2. The maximum Gasteiger partial charge on any atom is 0.138 e. The van der Waals surface area contributed by atoms with Crippen molar-refractivity contribution in [1.29, 1.82) is 0 Å². The van der Waals surface area contributed by atoms with Gasteiger partial charge in [0.2, 0.25) is 0 Å². The van der Waals surface area contributed by atoms with E-state index in [-0.39, 0.29) is 0 Å². The number of halogens is 1. The number of aromatic amines is 1. The van der Waals surface area contributed by atoms with Crippen LogP contribution in [-0.2, 0) is 0 Å².